The molecule has 0 unspecified atom stereocenters. The van der Waals surface area contributed by atoms with Gasteiger partial charge in [0.1, 0.15) is 11.2 Å². The van der Waals surface area contributed by atoms with Crippen LogP contribution < -0.4 is 0 Å². The van der Waals surface area contributed by atoms with Crippen molar-refractivity contribution in [2.24, 2.45) is 0 Å². The highest BCUT2D eigenvalue weighted by atomic mass is 32.2. The summed E-state index contributed by atoms with van der Waals surface area (Å²) >= 11 is 1.02. The molecule has 0 atom stereocenters. The summed E-state index contributed by atoms with van der Waals surface area (Å²) in [5.74, 6) is -2.46. The maximum Gasteiger partial charge on any atom is 0.380 e. The number of benzene rings is 1. The lowest BCUT2D eigenvalue weighted by Crippen LogP contribution is -2.16. The number of esters is 2. The molecule has 0 saturated heterocycles. The Balaban J connectivity index is 2.93. The van der Waals surface area contributed by atoms with Gasteiger partial charge in [-0.2, -0.15) is 0 Å². The molecule has 5 nitrogen and oxygen atoms in total. The molecule has 0 bridgehead atoms. The van der Waals surface area contributed by atoms with Gasteiger partial charge in [0.15, 0.2) is 0 Å². The van der Waals surface area contributed by atoms with Crippen molar-refractivity contribution in [2.75, 3.05) is 7.11 Å². The van der Waals surface area contributed by atoms with Gasteiger partial charge < -0.3 is 9.47 Å². The van der Waals surface area contributed by atoms with Crippen LogP contribution in [0.25, 0.3) is 0 Å². The van der Waals surface area contributed by atoms with Crippen LogP contribution in [0.3, 0.4) is 0 Å². The summed E-state index contributed by atoms with van der Waals surface area (Å²) < 4.78 is 9.00. The first-order valence-electron chi connectivity index (χ1n) is 5.27. The predicted octanol–water partition coefficient (Wildman–Crippen LogP) is 1.93. The molecule has 6 heteroatoms. The highest BCUT2D eigenvalue weighted by Gasteiger charge is 2.21. The third kappa shape index (κ3) is 4.97. The maximum atomic E-state index is 11.7. The summed E-state index contributed by atoms with van der Waals surface area (Å²) in [5, 5.41) is 0. The van der Waals surface area contributed by atoms with Crippen LogP contribution >= 0.6 is 11.8 Å². The van der Waals surface area contributed by atoms with Gasteiger partial charge in [-0.05, 0) is 12.1 Å². The van der Waals surface area contributed by atoms with E-state index in [0.29, 0.717) is 0 Å². The fourth-order valence-electron chi connectivity index (χ4n) is 1.07. The Morgan fingerprint density at radius 2 is 1.79 bits per heavy atom. The molecule has 1 aromatic carbocycles. The average molecular weight is 280 g/mol. The predicted molar refractivity (Wildman–Crippen MR) is 69.2 cm³/mol. The summed E-state index contributed by atoms with van der Waals surface area (Å²) in [6.45, 7) is 1.20. The first-order valence-corrected chi connectivity index (χ1v) is 6.09. The zero-order valence-corrected chi connectivity index (χ0v) is 11.2. The van der Waals surface area contributed by atoms with Gasteiger partial charge >= 0.3 is 11.9 Å². The monoisotopic (exact) mass is 280 g/mol. The number of carbonyl (C=O) groups is 3. The van der Waals surface area contributed by atoms with E-state index in [1.165, 1.54) is 6.92 Å². The average Bonchev–Trinajstić information content (AvgIpc) is 2.42. The molecule has 1 aromatic rings. The Morgan fingerprint density at radius 3 is 2.32 bits per heavy atom. The van der Waals surface area contributed by atoms with Gasteiger partial charge in [-0.3, -0.25) is 9.59 Å². The molecule has 19 heavy (non-hydrogen) atoms. The van der Waals surface area contributed by atoms with Crippen molar-refractivity contribution >= 4 is 29.5 Å². The number of carbonyl (C=O) groups excluding carboxylic acids is 3. The number of hydrogen-bond acceptors (Lipinski definition) is 6. The number of methoxy groups -OCH3 is 1. The minimum atomic E-state index is -1.01. The number of rotatable bonds is 5. The Labute approximate surface area is 114 Å². The van der Waals surface area contributed by atoms with Crippen molar-refractivity contribution in [3.63, 3.8) is 0 Å². The van der Waals surface area contributed by atoms with Crippen LogP contribution in [0.2, 0.25) is 0 Å². The molecule has 0 aromatic heterocycles. The number of hydrogen-bond donors (Lipinski definition) is 0. The first kappa shape index (κ1) is 15.0. The summed E-state index contributed by atoms with van der Waals surface area (Å²) in [5.41, 5.74) is 0. The van der Waals surface area contributed by atoms with Crippen LogP contribution in [0, 0.1) is 0 Å². The topological polar surface area (TPSA) is 69.7 Å². The summed E-state index contributed by atoms with van der Waals surface area (Å²) in [7, 11) is 1.11. The van der Waals surface area contributed by atoms with Crippen LogP contribution in [0.5, 0.6) is 0 Å². The van der Waals surface area contributed by atoms with Crippen LogP contribution in [0.15, 0.2) is 46.4 Å². The van der Waals surface area contributed by atoms with Crippen molar-refractivity contribution in [1.29, 1.82) is 0 Å². The third-order valence-electron chi connectivity index (χ3n) is 1.90. The van der Waals surface area contributed by atoms with Crippen molar-refractivity contribution in [3.8, 4) is 0 Å². The van der Waals surface area contributed by atoms with Gasteiger partial charge in [-0.1, -0.05) is 30.0 Å². The molecular formula is C13H12O5S. The van der Waals surface area contributed by atoms with Crippen LogP contribution in [-0.4, -0.2) is 24.8 Å². The Hall–Kier alpha value is -2.08. The van der Waals surface area contributed by atoms with Gasteiger partial charge in [-0.15, -0.1) is 0 Å². The molecule has 1 rings (SSSR count). The number of Topliss-reactive ketones (excluding diaryl/α,β-unsaturated/α-hetero) is 1. The van der Waals surface area contributed by atoms with E-state index in [1.54, 1.807) is 24.3 Å². The molecule has 0 aliphatic rings. The lowest BCUT2D eigenvalue weighted by Gasteiger charge is -2.04. The van der Waals surface area contributed by atoms with Crippen molar-refractivity contribution in [2.45, 2.75) is 11.8 Å². The highest BCUT2D eigenvalue weighted by molar-refractivity contribution is 8.04. The first-order chi connectivity index (χ1) is 9.04. The molecule has 0 spiro atoms. The van der Waals surface area contributed by atoms with Crippen LogP contribution in [0.1, 0.15) is 6.92 Å². The minimum Gasteiger partial charge on any atom is -0.463 e. The quantitative estimate of drug-likeness (QED) is 0.270. The fraction of sp³-hybridized carbons (Fsp3) is 0.154. The number of ether oxygens (including phenoxy) is 2. The molecule has 0 amide bonds. The van der Waals surface area contributed by atoms with E-state index >= 15 is 0 Å². The lowest BCUT2D eigenvalue weighted by molar-refractivity contribution is -0.149. The van der Waals surface area contributed by atoms with Gasteiger partial charge in [0.05, 0.1) is 7.11 Å². The van der Waals surface area contributed by atoms with Gasteiger partial charge in [0.2, 0.25) is 0 Å². The third-order valence-corrected chi connectivity index (χ3v) is 2.91. The molecule has 0 radical (unpaired) electrons. The lowest BCUT2D eigenvalue weighted by atomic mass is 10.4. The van der Waals surface area contributed by atoms with E-state index in [1.807, 2.05) is 6.07 Å². The van der Waals surface area contributed by atoms with E-state index in [-0.39, 0.29) is 4.91 Å². The molecular weight excluding hydrogens is 268 g/mol. The van der Waals surface area contributed by atoms with E-state index < -0.39 is 17.7 Å². The second-order valence-corrected chi connectivity index (χ2v) is 4.44. The molecule has 0 saturated carbocycles. The summed E-state index contributed by atoms with van der Waals surface area (Å²) in [6, 6.07) is 8.91. The van der Waals surface area contributed by atoms with Crippen molar-refractivity contribution in [3.05, 3.63) is 41.5 Å². The zero-order valence-electron chi connectivity index (χ0n) is 10.4. The summed E-state index contributed by atoms with van der Waals surface area (Å²) in [6.07, 6.45) is 0.958. The van der Waals surface area contributed by atoms with E-state index in [9.17, 15) is 14.4 Å². The van der Waals surface area contributed by atoms with E-state index in [0.717, 1.165) is 30.0 Å². The van der Waals surface area contributed by atoms with Gasteiger partial charge in [0.25, 0.3) is 5.78 Å². The van der Waals surface area contributed by atoms with Crippen LogP contribution in [-0.2, 0) is 23.9 Å². The molecule has 0 N–H and O–H groups in total. The second kappa shape index (κ2) is 7.38. The Bertz CT molecular complexity index is 507. The number of thioether (sulfide) groups is 1. The molecule has 100 valence electrons. The van der Waals surface area contributed by atoms with E-state index in [2.05, 4.69) is 9.47 Å². The smallest absolute Gasteiger partial charge is 0.380 e. The van der Waals surface area contributed by atoms with Crippen molar-refractivity contribution in [1.82, 2.24) is 0 Å². The SMILES string of the molecule is COC(=O)C(=O)/C(=C/OC(C)=O)Sc1ccccc1. The maximum absolute atomic E-state index is 11.7. The normalized spacial score (nSPS) is 10.7. The van der Waals surface area contributed by atoms with Crippen LogP contribution in [0.4, 0.5) is 0 Å². The summed E-state index contributed by atoms with van der Waals surface area (Å²) in [4.78, 5) is 34.4. The largest absolute Gasteiger partial charge is 0.463 e. The van der Waals surface area contributed by atoms with Gasteiger partial charge in [0, 0.05) is 11.8 Å². The molecule has 0 fully saturated rings. The molecule has 0 aliphatic carbocycles. The molecule has 0 aliphatic heterocycles. The second-order valence-electron chi connectivity index (χ2n) is 3.33. The number of ketones is 1. The highest BCUT2D eigenvalue weighted by Crippen LogP contribution is 2.27. The standard InChI is InChI=1S/C13H12O5S/c1-9(14)18-8-11(12(15)13(16)17-2)19-10-6-4-3-5-7-10/h3-8H,1-2H3/b11-8-. The Morgan fingerprint density at radius 1 is 1.16 bits per heavy atom. The Kier molecular flexibility index (Phi) is 5.81. The van der Waals surface area contributed by atoms with E-state index in [4.69, 9.17) is 0 Å². The van der Waals surface area contributed by atoms with Crippen molar-refractivity contribution < 1.29 is 23.9 Å². The zero-order chi connectivity index (χ0) is 14.3. The van der Waals surface area contributed by atoms with Gasteiger partial charge in [-0.25, -0.2) is 4.79 Å². The minimum absolute atomic E-state index is 0.0201. The fourth-order valence-corrected chi connectivity index (χ4v) is 1.89. The molecule has 0 heterocycles.